The van der Waals surface area contributed by atoms with Crippen LogP contribution < -0.4 is 5.32 Å². The molecular weight excluding hydrogens is 323 g/mol. The molecule has 1 fully saturated rings. The molecule has 0 aromatic carbocycles. The quantitative estimate of drug-likeness (QED) is 0.438. The van der Waals surface area contributed by atoms with Gasteiger partial charge < -0.3 is 14.8 Å². The Morgan fingerprint density at radius 1 is 1.35 bits per heavy atom. The van der Waals surface area contributed by atoms with E-state index in [1.54, 1.807) is 6.92 Å². The Morgan fingerprint density at radius 3 is 2.57 bits per heavy atom. The average molecular weight is 344 g/mol. The molecule has 2 atom stereocenters. The molecule has 0 bridgehead atoms. The van der Waals surface area contributed by atoms with E-state index in [0.717, 1.165) is 7.05 Å². The van der Waals surface area contributed by atoms with Gasteiger partial charge in [-0.25, -0.2) is 0 Å². The molecule has 1 rings (SSSR count). The van der Waals surface area contributed by atoms with Crippen LogP contribution in [-0.2, 0) is 9.47 Å². The van der Waals surface area contributed by atoms with Crippen molar-refractivity contribution in [2.45, 2.75) is 38.7 Å². The fraction of sp³-hybridized carbons (Fsp3) is 0.786. The van der Waals surface area contributed by atoms with Crippen LogP contribution in [0.2, 0.25) is 0 Å². The van der Waals surface area contributed by atoms with Gasteiger partial charge in [-0.2, -0.15) is 22.0 Å². The van der Waals surface area contributed by atoms with Gasteiger partial charge in [0.05, 0.1) is 12.7 Å². The van der Waals surface area contributed by atoms with Crippen LogP contribution in [0.15, 0.2) is 16.8 Å². The second kappa shape index (κ2) is 9.17. The predicted octanol–water partition coefficient (Wildman–Crippen LogP) is 3.15. The SMILES string of the molecule is CC/C=C(/OCC1CNCC(OC(F)F)C1)C(=NC)C(F)(F)F. The molecule has 2 unspecified atom stereocenters. The van der Waals surface area contributed by atoms with E-state index in [2.05, 4.69) is 15.0 Å². The molecule has 1 saturated heterocycles. The largest absolute Gasteiger partial charge is 0.491 e. The van der Waals surface area contributed by atoms with E-state index < -0.39 is 24.6 Å². The van der Waals surface area contributed by atoms with Crippen LogP contribution in [0.3, 0.4) is 0 Å². The number of piperidine rings is 1. The van der Waals surface area contributed by atoms with Crippen LogP contribution in [0.25, 0.3) is 0 Å². The zero-order valence-electron chi connectivity index (χ0n) is 13.0. The van der Waals surface area contributed by atoms with Crippen molar-refractivity contribution in [2.24, 2.45) is 10.9 Å². The molecule has 1 aliphatic heterocycles. The minimum absolute atomic E-state index is 0.0307. The van der Waals surface area contributed by atoms with Crippen molar-refractivity contribution in [3.8, 4) is 0 Å². The third kappa shape index (κ3) is 6.82. The van der Waals surface area contributed by atoms with Crippen LogP contribution in [0.5, 0.6) is 0 Å². The third-order valence-electron chi connectivity index (χ3n) is 3.29. The first-order valence-corrected chi connectivity index (χ1v) is 7.29. The number of rotatable bonds is 7. The highest BCUT2D eigenvalue weighted by molar-refractivity contribution is 6.02. The number of ether oxygens (including phenoxy) is 2. The monoisotopic (exact) mass is 344 g/mol. The number of hydrogen-bond donors (Lipinski definition) is 1. The molecular formula is C14H21F5N2O2. The minimum Gasteiger partial charge on any atom is -0.491 e. The maximum Gasteiger partial charge on any atom is 0.436 e. The Hall–Kier alpha value is -1.22. The second-order valence-corrected chi connectivity index (χ2v) is 5.14. The molecule has 1 N–H and O–H groups in total. The van der Waals surface area contributed by atoms with Gasteiger partial charge in [0, 0.05) is 26.1 Å². The fourth-order valence-electron chi connectivity index (χ4n) is 2.36. The van der Waals surface area contributed by atoms with E-state index in [0.29, 0.717) is 19.4 Å². The average Bonchev–Trinajstić information content (AvgIpc) is 2.43. The van der Waals surface area contributed by atoms with E-state index in [1.165, 1.54) is 6.08 Å². The molecule has 0 aromatic heterocycles. The summed E-state index contributed by atoms with van der Waals surface area (Å²) in [4.78, 5) is 3.26. The van der Waals surface area contributed by atoms with Gasteiger partial charge in [-0.3, -0.25) is 4.99 Å². The first kappa shape index (κ1) is 19.8. The standard InChI is InChI=1S/C14H21F5N2O2/c1-3-4-11(12(20-2)14(17,18)19)22-8-9-5-10(7-21-6-9)23-13(15)16/h4,9-10,13,21H,3,5-8H2,1-2H3/b11-4+,20-12?. The normalized spacial score (nSPS) is 24.2. The fourth-order valence-corrected chi connectivity index (χ4v) is 2.36. The summed E-state index contributed by atoms with van der Waals surface area (Å²) >= 11 is 0. The van der Waals surface area contributed by atoms with Gasteiger partial charge in [-0.1, -0.05) is 6.92 Å². The Labute approximate surface area is 131 Å². The van der Waals surface area contributed by atoms with Crippen molar-refractivity contribution in [1.29, 1.82) is 0 Å². The predicted molar refractivity (Wildman–Crippen MR) is 75.6 cm³/mol. The Kier molecular flexibility index (Phi) is 7.90. The van der Waals surface area contributed by atoms with E-state index in [4.69, 9.17) is 4.74 Å². The number of halogens is 5. The van der Waals surface area contributed by atoms with Gasteiger partial charge in [0.1, 0.15) is 5.76 Å². The van der Waals surface area contributed by atoms with Crippen molar-refractivity contribution >= 4 is 5.71 Å². The summed E-state index contributed by atoms with van der Waals surface area (Å²) in [6, 6.07) is 0. The maximum absolute atomic E-state index is 12.9. The summed E-state index contributed by atoms with van der Waals surface area (Å²) in [6.07, 6.45) is -3.34. The lowest BCUT2D eigenvalue weighted by Crippen LogP contribution is -2.43. The molecule has 0 amide bonds. The summed E-state index contributed by atoms with van der Waals surface area (Å²) in [5.74, 6) is -0.557. The zero-order valence-corrected chi connectivity index (χ0v) is 13.0. The van der Waals surface area contributed by atoms with E-state index >= 15 is 0 Å². The number of allylic oxidation sites excluding steroid dienone is 2. The Bertz CT molecular complexity index is 424. The van der Waals surface area contributed by atoms with Crippen molar-refractivity contribution in [3.63, 3.8) is 0 Å². The molecule has 0 spiro atoms. The van der Waals surface area contributed by atoms with E-state index in [9.17, 15) is 22.0 Å². The highest BCUT2D eigenvalue weighted by Crippen LogP contribution is 2.24. The lowest BCUT2D eigenvalue weighted by molar-refractivity contribution is -0.170. The maximum atomic E-state index is 12.9. The highest BCUT2D eigenvalue weighted by Gasteiger charge is 2.39. The van der Waals surface area contributed by atoms with E-state index in [1.807, 2.05) is 0 Å². The van der Waals surface area contributed by atoms with Gasteiger partial charge in [-0.15, -0.1) is 0 Å². The zero-order chi connectivity index (χ0) is 17.5. The van der Waals surface area contributed by atoms with Gasteiger partial charge in [0.15, 0.2) is 5.71 Å². The molecule has 9 heteroatoms. The molecule has 0 aromatic rings. The number of aliphatic imine (C=N–C) groups is 1. The van der Waals surface area contributed by atoms with Crippen LogP contribution in [0.4, 0.5) is 22.0 Å². The van der Waals surface area contributed by atoms with E-state index in [-0.39, 0.29) is 24.8 Å². The summed E-state index contributed by atoms with van der Waals surface area (Å²) in [6.45, 7) is -0.477. The summed E-state index contributed by atoms with van der Waals surface area (Å²) in [7, 11) is 1.05. The molecule has 0 aliphatic carbocycles. The second-order valence-electron chi connectivity index (χ2n) is 5.14. The van der Waals surface area contributed by atoms with Crippen molar-refractivity contribution < 1.29 is 31.4 Å². The number of nitrogens with one attached hydrogen (secondary N) is 1. The Balaban J connectivity index is 2.64. The lowest BCUT2D eigenvalue weighted by Gasteiger charge is -2.30. The van der Waals surface area contributed by atoms with Gasteiger partial charge in [0.2, 0.25) is 0 Å². The highest BCUT2D eigenvalue weighted by atomic mass is 19.4. The molecule has 1 aliphatic rings. The topological polar surface area (TPSA) is 42.8 Å². The number of hydrogen-bond acceptors (Lipinski definition) is 4. The van der Waals surface area contributed by atoms with Crippen LogP contribution in [0, 0.1) is 5.92 Å². The van der Waals surface area contributed by atoms with Crippen LogP contribution >= 0.6 is 0 Å². The van der Waals surface area contributed by atoms with Gasteiger partial charge in [-0.05, 0) is 18.9 Å². The third-order valence-corrected chi connectivity index (χ3v) is 3.29. The van der Waals surface area contributed by atoms with Crippen LogP contribution in [-0.4, -0.2) is 51.3 Å². The van der Waals surface area contributed by atoms with Crippen molar-refractivity contribution in [1.82, 2.24) is 5.32 Å². The molecule has 23 heavy (non-hydrogen) atoms. The summed E-state index contributed by atoms with van der Waals surface area (Å²) in [5.41, 5.74) is -1.08. The first-order valence-electron chi connectivity index (χ1n) is 7.29. The van der Waals surface area contributed by atoms with Crippen molar-refractivity contribution in [2.75, 3.05) is 26.7 Å². The summed E-state index contributed by atoms with van der Waals surface area (Å²) < 4.78 is 72.8. The number of alkyl halides is 5. The molecule has 0 saturated carbocycles. The molecule has 1 heterocycles. The van der Waals surface area contributed by atoms with Gasteiger partial charge in [0.25, 0.3) is 0 Å². The molecule has 4 nitrogen and oxygen atoms in total. The van der Waals surface area contributed by atoms with Crippen molar-refractivity contribution in [3.05, 3.63) is 11.8 Å². The van der Waals surface area contributed by atoms with Gasteiger partial charge >= 0.3 is 12.8 Å². The summed E-state index contributed by atoms with van der Waals surface area (Å²) in [5, 5.41) is 2.91. The Morgan fingerprint density at radius 2 is 2.04 bits per heavy atom. The number of nitrogens with zero attached hydrogens (tertiary/aromatic N) is 1. The molecule has 134 valence electrons. The molecule has 0 radical (unpaired) electrons. The minimum atomic E-state index is -4.61. The van der Waals surface area contributed by atoms with Crippen LogP contribution in [0.1, 0.15) is 19.8 Å². The first-order chi connectivity index (χ1) is 10.8. The smallest absolute Gasteiger partial charge is 0.436 e. The lowest BCUT2D eigenvalue weighted by atomic mass is 9.98.